The monoisotopic (exact) mass is 362 g/mol. The Hall–Kier alpha value is -2.13. The maximum absolute atomic E-state index is 13.7. The van der Waals surface area contributed by atoms with Gasteiger partial charge in [-0.25, -0.2) is 8.78 Å². The molecule has 0 amide bonds. The van der Waals surface area contributed by atoms with Gasteiger partial charge in [0.25, 0.3) is 0 Å². The molecule has 4 nitrogen and oxygen atoms in total. The predicted octanol–water partition coefficient (Wildman–Crippen LogP) is 3.51. The van der Waals surface area contributed by atoms with Crippen LogP contribution in [0, 0.1) is 11.6 Å². The lowest BCUT2D eigenvalue weighted by Crippen LogP contribution is -2.26. The van der Waals surface area contributed by atoms with Gasteiger partial charge in [0.1, 0.15) is 17.4 Å². The van der Waals surface area contributed by atoms with Crippen LogP contribution in [0.4, 0.5) is 17.6 Å². The van der Waals surface area contributed by atoms with E-state index in [1.165, 1.54) is 18.4 Å². The zero-order chi connectivity index (χ0) is 17.6. The first-order valence-corrected chi connectivity index (χ1v) is 8.14. The third-order valence-electron chi connectivity index (χ3n) is 3.32. The van der Waals surface area contributed by atoms with Crippen LogP contribution in [0.5, 0.6) is 17.2 Å². The Morgan fingerprint density at radius 2 is 1.83 bits per heavy atom. The number of fused-ring (bicyclic) bond motifs is 1. The molecule has 2 unspecified atom stereocenters. The van der Waals surface area contributed by atoms with Crippen molar-refractivity contribution in [2.45, 2.75) is 17.1 Å². The van der Waals surface area contributed by atoms with Crippen LogP contribution in [-0.2, 0) is 10.8 Å². The van der Waals surface area contributed by atoms with Crippen LogP contribution in [0.15, 0.2) is 35.2 Å². The maximum atomic E-state index is 13.7. The van der Waals surface area contributed by atoms with Crippen molar-refractivity contribution in [2.75, 3.05) is 6.26 Å². The first-order chi connectivity index (χ1) is 11.2. The highest BCUT2D eigenvalue weighted by atomic mass is 32.2. The topological polar surface area (TPSA) is 55.8 Å². The third kappa shape index (κ3) is 2.84. The number of rotatable bonds is 3. The summed E-state index contributed by atoms with van der Waals surface area (Å²) in [6.45, 7) is 0. The van der Waals surface area contributed by atoms with Gasteiger partial charge < -0.3 is 14.6 Å². The lowest BCUT2D eigenvalue weighted by molar-refractivity contribution is -0.224. The first-order valence-electron chi connectivity index (χ1n) is 6.58. The van der Waals surface area contributed by atoms with Gasteiger partial charge in [-0.3, -0.25) is 4.21 Å². The second-order valence-electron chi connectivity index (χ2n) is 5.03. The van der Waals surface area contributed by atoms with Gasteiger partial charge in [-0.05, 0) is 12.1 Å². The zero-order valence-electron chi connectivity index (χ0n) is 12.1. The Bertz CT molecular complexity index is 820. The SMILES string of the molecule is CS(=O)c1ccc(Oc2cc(F)cc(F)c2)c2c1C(O)C(F)(F)O2. The summed E-state index contributed by atoms with van der Waals surface area (Å²) in [5.74, 6) is -2.93. The molecule has 2 atom stereocenters. The summed E-state index contributed by atoms with van der Waals surface area (Å²) in [7, 11) is -1.68. The molecule has 0 saturated carbocycles. The standard InChI is InChI=1S/C15H10F4O4S/c1-24(21)11-3-2-10(13-12(11)14(20)15(18,19)23-13)22-9-5-7(16)4-8(17)6-9/h2-6,14,20H,1H3. The van der Waals surface area contributed by atoms with Gasteiger partial charge in [-0.15, -0.1) is 0 Å². The quantitative estimate of drug-likeness (QED) is 0.849. The van der Waals surface area contributed by atoms with Gasteiger partial charge in [0.2, 0.25) is 0 Å². The van der Waals surface area contributed by atoms with Crippen LogP contribution in [0.1, 0.15) is 11.7 Å². The molecule has 1 N–H and O–H groups in total. The van der Waals surface area contributed by atoms with Crippen molar-refractivity contribution in [3.05, 3.63) is 47.5 Å². The minimum atomic E-state index is -3.94. The zero-order valence-corrected chi connectivity index (χ0v) is 12.9. The molecule has 0 bridgehead atoms. The molecule has 2 aromatic rings. The van der Waals surface area contributed by atoms with E-state index in [1.54, 1.807) is 0 Å². The minimum absolute atomic E-state index is 0.0487. The molecule has 0 aliphatic carbocycles. The Kier molecular flexibility index (Phi) is 4.00. The van der Waals surface area contributed by atoms with E-state index in [-0.39, 0.29) is 22.0 Å². The molecule has 0 aromatic heterocycles. The highest BCUT2D eigenvalue weighted by Gasteiger charge is 2.52. The molecule has 2 aromatic carbocycles. The fourth-order valence-electron chi connectivity index (χ4n) is 2.33. The number of halogens is 4. The number of hydrogen-bond acceptors (Lipinski definition) is 4. The van der Waals surface area contributed by atoms with Crippen molar-refractivity contribution in [1.82, 2.24) is 0 Å². The van der Waals surface area contributed by atoms with Gasteiger partial charge in [-0.1, -0.05) is 0 Å². The summed E-state index contributed by atoms with van der Waals surface area (Å²) >= 11 is 0. The molecule has 3 rings (SSSR count). The van der Waals surface area contributed by atoms with Crippen molar-refractivity contribution >= 4 is 10.8 Å². The van der Waals surface area contributed by atoms with Crippen molar-refractivity contribution < 1.29 is 36.4 Å². The average molecular weight is 362 g/mol. The van der Waals surface area contributed by atoms with E-state index in [0.717, 1.165) is 12.1 Å². The van der Waals surface area contributed by atoms with Crippen LogP contribution in [-0.4, -0.2) is 21.7 Å². The second kappa shape index (κ2) is 5.75. The molecule has 1 aliphatic heterocycles. The molecular formula is C15H10F4O4S. The minimum Gasteiger partial charge on any atom is -0.453 e. The van der Waals surface area contributed by atoms with Crippen molar-refractivity contribution in [3.63, 3.8) is 0 Å². The van der Waals surface area contributed by atoms with Gasteiger partial charge in [0, 0.05) is 29.4 Å². The lowest BCUT2D eigenvalue weighted by atomic mass is 10.1. The smallest absolute Gasteiger partial charge is 0.429 e. The fourth-order valence-corrected chi connectivity index (χ4v) is 3.10. The van der Waals surface area contributed by atoms with Crippen molar-refractivity contribution in [2.24, 2.45) is 0 Å². The van der Waals surface area contributed by atoms with Gasteiger partial charge in [0.05, 0.1) is 16.4 Å². The number of aliphatic hydroxyl groups excluding tert-OH is 1. The summed E-state index contributed by atoms with van der Waals surface area (Å²) in [6.07, 6.45) is -5.02. The van der Waals surface area contributed by atoms with E-state index in [0.29, 0.717) is 6.07 Å². The van der Waals surface area contributed by atoms with E-state index in [1.807, 2.05) is 0 Å². The Labute approximate surface area is 136 Å². The van der Waals surface area contributed by atoms with Gasteiger partial charge >= 0.3 is 6.11 Å². The van der Waals surface area contributed by atoms with E-state index >= 15 is 0 Å². The summed E-state index contributed by atoms with van der Waals surface area (Å²) < 4.78 is 75.1. The molecule has 9 heteroatoms. The van der Waals surface area contributed by atoms with E-state index in [2.05, 4.69) is 4.74 Å². The number of aliphatic hydroxyl groups is 1. The van der Waals surface area contributed by atoms with E-state index in [4.69, 9.17) is 4.74 Å². The molecule has 128 valence electrons. The molecule has 0 saturated heterocycles. The van der Waals surface area contributed by atoms with Crippen LogP contribution in [0.3, 0.4) is 0 Å². The van der Waals surface area contributed by atoms with Gasteiger partial charge in [-0.2, -0.15) is 8.78 Å². The highest BCUT2D eigenvalue weighted by Crippen LogP contribution is 2.52. The summed E-state index contributed by atoms with van der Waals surface area (Å²) in [6, 6.07) is 4.71. The van der Waals surface area contributed by atoms with Crippen LogP contribution in [0.2, 0.25) is 0 Å². The van der Waals surface area contributed by atoms with Crippen LogP contribution < -0.4 is 9.47 Å². The number of hydrogen-bond donors (Lipinski definition) is 1. The average Bonchev–Trinajstić information content (AvgIpc) is 2.69. The molecule has 24 heavy (non-hydrogen) atoms. The highest BCUT2D eigenvalue weighted by molar-refractivity contribution is 7.84. The Morgan fingerprint density at radius 3 is 2.42 bits per heavy atom. The molecule has 1 aliphatic rings. The van der Waals surface area contributed by atoms with E-state index < -0.39 is 40.4 Å². The fraction of sp³-hybridized carbons (Fsp3) is 0.200. The van der Waals surface area contributed by atoms with Crippen LogP contribution >= 0.6 is 0 Å². The molecular weight excluding hydrogens is 352 g/mol. The third-order valence-corrected chi connectivity index (χ3v) is 4.30. The summed E-state index contributed by atoms with van der Waals surface area (Å²) in [4.78, 5) is -0.0487. The predicted molar refractivity (Wildman–Crippen MR) is 75.7 cm³/mol. The second-order valence-corrected chi connectivity index (χ2v) is 6.38. The Morgan fingerprint density at radius 1 is 1.21 bits per heavy atom. The van der Waals surface area contributed by atoms with Crippen LogP contribution in [0.25, 0.3) is 0 Å². The molecule has 1 heterocycles. The Balaban J connectivity index is 2.10. The first kappa shape index (κ1) is 16.7. The number of ether oxygens (including phenoxy) is 2. The molecule has 0 spiro atoms. The number of alkyl halides is 2. The largest absolute Gasteiger partial charge is 0.453 e. The van der Waals surface area contributed by atoms with Crippen molar-refractivity contribution in [1.29, 1.82) is 0 Å². The summed E-state index contributed by atoms with van der Waals surface area (Å²) in [5, 5.41) is 9.73. The molecule has 0 fully saturated rings. The van der Waals surface area contributed by atoms with E-state index in [9.17, 15) is 26.9 Å². The maximum Gasteiger partial charge on any atom is 0.429 e. The number of benzene rings is 2. The lowest BCUT2D eigenvalue weighted by Gasteiger charge is -2.12. The summed E-state index contributed by atoms with van der Waals surface area (Å²) in [5.41, 5.74) is -0.379. The molecule has 0 radical (unpaired) electrons. The normalized spacial score (nSPS) is 19.5. The van der Waals surface area contributed by atoms with Gasteiger partial charge in [0.15, 0.2) is 17.6 Å². The van der Waals surface area contributed by atoms with Crippen molar-refractivity contribution in [3.8, 4) is 17.2 Å².